The van der Waals surface area contributed by atoms with Gasteiger partial charge in [-0.25, -0.2) is 30.5 Å². The highest BCUT2D eigenvalue weighted by Gasteiger charge is 2.29. The van der Waals surface area contributed by atoms with Crippen molar-refractivity contribution in [3.63, 3.8) is 0 Å². The summed E-state index contributed by atoms with van der Waals surface area (Å²) < 4.78 is 83.9. The summed E-state index contributed by atoms with van der Waals surface area (Å²) in [5.74, 6) is -5.56. The predicted octanol–water partition coefficient (Wildman–Crippen LogP) is 4.34. The van der Waals surface area contributed by atoms with Crippen LogP contribution in [-0.2, 0) is 30.8 Å². The maximum absolute atomic E-state index is 13.9. The number of nitrogens with zero attached hydrogens (tertiary/aromatic N) is 2. The molecule has 0 radical (unpaired) electrons. The molecule has 0 saturated heterocycles. The SMILES string of the molecule is CN1Cc2ccc(C(=O)NCc3c(F)cc(F)cc3F)cc2N(Cc2cc(F)cc(F)c2)S1=O. The topological polar surface area (TPSA) is 52.7 Å². The number of fused-ring (bicyclic) bond motifs is 1. The number of hydrogen-bond acceptors (Lipinski definition) is 2. The molecule has 0 aliphatic carbocycles. The van der Waals surface area contributed by atoms with Crippen molar-refractivity contribution in [2.45, 2.75) is 19.6 Å². The lowest BCUT2D eigenvalue weighted by Gasteiger charge is -2.35. The van der Waals surface area contributed by atoms with Gasteiger partial charge in [-0.1, -0.05) is 6.07 Å². The molecule has 4 rings (SSSR count). The second-order valence-electron chi connectivity index (χ2n) is 7.71. The molecule has 178 valence electrons. The van der Waals surface area contributed by atoms with Gasteiger partial charge in [0.05, 0.1) is 12.2 Å². The van der Waals surface area contributed by atoms with Crippen LogP contribution in [0.1, 0.15) is 27.0 Å². The summed E-state index contributed by atoms with van der Waals surface area (Å²) in [5, 5.41) is 2.38. The monoisotopic (exact) mass is 495 g/mol. The number of benzene rings is 3. The Balaban J connectivity index is 1.60. The van der Waals surface area contributed by atoms with Crippen molar-refractivity contribution in [2.75, 3.05) is 11.4 Å². The molecule has 11 heteroatoms. The van der Waals surface area contributed by atoms with Crippen LogP contribution in [0.4, 0.5) is 27.6 Å². The van der Waals surface area contributed by atoms with Crippen molar-refractivity contribution in [3.8, 4) is 0 Å². The minimum absolute atomic E-state index is 0.101. The number of amides is 1. The van der Waals surface area contributed by atoms with Crippen LogP contribution in [-0.4, -0.2) is 21.5 Å². The fourth-order valence-corrected chi connectivity index (χ4v) is 4.82. The van der Waals surface area contributed by atoms with Gasteiger partial charge in [-0.2, -0.15) is 0 Å². The summed E-state index contributed by atoms with van der Waals surface area (Å²) in [6.45, 7) is -0.325. The molecule has 34 heavy (non-hydrogen) atoms. The smallest absolute Gasteiger partial charge is 0.251 e. The number of hydrogen-bond donors (Lipinski definition) is 1. The molecule has 0 aromatic heterocycles. The van der Waals surface area contributed by atoms with Gasteiger partial charge in [0.1, 0.15) is 29.1 Å². The zero-order valence-corrected chi connectivity index (χ0v) is 18.6. The number of rotatable bonds is 5. The molecule has 1 N–H and O–H groups in total. The van der Waals surface area contributed by atoms with Gasteiger partial charge in [0.15, 0.2) is 11.2 Å². The Hall–Kier alpha value is -3.31. The van der Waals surface area contributed by atoms with E-state index in [1.807, 2.05) is 0 Å². The first kappa shape index (κ1) is 23.8. The van der Waals surface area contributed by atoms with Gasteiger partial charge in [-0.15, -0.1) is 0 Å². The Labute approximate surface area is 194 Å². The number of anilines is 1. The van der Waals surface area contributed by atoms with Gasteiger partial charge in [0.25, 0.3) is 5.91 Å². The summed E-state index contributed by atoms with van der Waals surface area (Å²) in [7, 11) is 1.62. The van der Waals surface area contributed by atoms with Crippen molar-refractivity contribution in [2.24, 2.45) is 0 Å². The Morgan fingerprint density at radius 1 is 0.941 bits per heavy atom. The van der Waals surface area contributed by atoms with E-state index in [9.17, 15) is 31.0 Å². The normalized spacial score (nSPS) is 15.8. The molecule has 0 spiro atoms. The van der Waals surface area contributed by atoms with Crippen LogP contribution in [0.5, 0.6) is 0 Å². The van der Waals surface area contributed by atoms with Crippen molar-refractivity contribution in [1.82, 2.24) is 9.62 Å². The highest BCUT2D eigenvalue weighted by molar-refractivity contribution is 7.84. The molecule has 1 heterocycles. The van der Waals surface area contributed by atoms with Crippen LogP contribution >= 0.6 is 0 Å². The summed E-state index contributed by atoms with van der Waals surface area (Å²) >= 11 is -1.71. The van der Waals surface area contributed by atoms with Gasteiger partial charge in [-0.05, 0) is 35.4 Å². The summed E-state index contributed by atoms with van der Waals surface area (Å²) in [6, 6.07) is 8.58. The lowest BCUT2D eigenvalue weighted by atomic mass is 10.1. The molecule has 1 unspecified atom stereocenters. The molecule has 1 amide bonds. The molecule has 0 bridgehead atoms. The first-order valence-electron chi connectivity index (χ1n) is 10.0. The lowest BCUT2D eigenvalue weighted by molar-refractivity contribution is 0.0950. The quantitative estimate of drug-likeness (QED) is 0.536. The second-order valence-corrected chi connectivity index (χ2v) is 9.23. The van der Waals surface area contributed by atoms with E-state index < -0.39 is 58.3 Å². The average molecular weight is 495 g/mol. The molecule has 5 nitrogen and oxygen atoms in total. The Kier molecular flexibility index (Phi) is 6.67. The Morgan fingerprint density at radius 3 is 2.21 bits per heavy atom. The van der Waals surface area contributed by atoms with Gasteiger partial charge in [0.2, 0.25) is 0 Å². The molecular weight excluding hydrogens is 477 g/mol. The lowest BCUT2D eigenvalue weighted by Crippen LogP contribution is -2.40. The zero-order valence-electron chi connectivity index (χ0n) is 17.7. The molecule has 0 fully saturated rings. The first-order chi connectivity index (χ1) is 16.1. The number of carbonyl (C=O) groups is 1. The van der Waals surface area contributed by atoms with E-state index in [2.05, 4.69) is 5.32 Å². The molecule has 0 saturated carbocycles. The van der Waals surface area contributed by atoms with Crippen molar-refractivity contribution in [1.29, 1.82) is 0 Å². The fraction of sp³-hybridized carbons (Fsp3) is 0.174. The molecule has 3 aromatic carbocycles. The van der Waals surface area contributed by atoms with Gasteiger partial charge in [-0.3, -0.25) is 9.10 Å². The highest BCUT2D eigenvalue weighted by Crippen LogP contribution is 2.32. The largest absolute Gasteiger partial charge is 0.348 e. The number of carbonyl (C=O) groups excluding carboxylic acids is 1. The molecule has 1 atom stereocenters. The van der Waals surface area contributed by atoms with Crippen molar-refractivity contribution in [3.05, 3.63) is 99.9 Å². The van der Waals surface area contributed by atoms with E-state index in [0.717, 1.165) is 18.2 Å². The standard InChI is InChI=1S/C23H18F5N3O2S/c1-30-12-15-3-2-14(23(32)29-10-19-20(27)8-18(26)9-21(19)28)6-22(15)31(34(30)33)11-13-4-16(24)7-17(25)5-13/h2-9H,10-12H2,1H3,(H,29,32). The van der Waals surface area contributed by atoms with E-state index >= 15 is 0 Å². The first-order valence-corrected chi connectivity index (χ1v) is 11.1. The third kappa shape index (κ3) is 4.95. The maximum atomic E-state index is 13.9. The van der Waals surface area contributed by atoms with Crippen LogP contribution < -0.4 is 9.62 Å². The minimum Gasteiger partial charge on any atom is -0.348 e. The summed E-state index contributed by atoms with van der Waals surface area (Å²) in [6.07, 6.45) is 0. The zero-order chi connectivity index (χ0) is 24.6. The van der Waals surface area contributed by atoms with Crippen LogP contribution in [0.15, 0.2) is 48.5 Å². The number of halogens is 5. The number of nitrogens with one attached hydrogen (secondary N) is 1. The van der Waals surface area contributed by atoms with Crippen LogP contribution in [0, 0.1) is 29.1 Å². The fourth-order valence-electron chi connectivity index (χ4n) is 3.64. The molecule has 3 aromatic rings. The van der Waals surface area contributed by atoms with Crippen molar-refractivity contribution >= 4 is 22.8 Å². The Morgan fingerprint density at radius 2 is 1.56 bits per heavy atom. The van der Waals surface area contributed by atoms with E-state index in [0.29, 0.717) is 29.9 Å². The second kappa shape index (κ2) is 9.51. The third-order valence-corrected chi connectivity index (χ3v) is 6.61. The Bertz CT molecular complexity index is 1260. The molecular formula is C23H18F5N3O2S. The van der Waals surface area contributed by atoms with E-state index in [4.69, 9.17) is 0 Å². The van der Waals surface area contributed by atoms with Crippen LogP contribution in [0.3, 0.4) is 0 Å². The summed E-state index contributed by atoms with van der Waals surface area (Å²) in [5.41, 5.74) is 0.979. The van der Waals surface area contributed by atoms with E-state index in [1.165, 1.54) is 20.7 Å². The maximum Gasteiger partial charge on any atom is 0.251 e. The van der Waals surface area contributed by atoms with Gasteiger partial charge in [0, 0.05) is 49.5 Å². The minimum atomic E-state index is -1.71. The highest BCUT2D eigenvalue weighted by atomic mass is 32.2. The van der Waals surface area contributed by atoms with E-state index in [1.54, 1.807) is 13.1 Å². The molecule has 1 aliphatic rings. The van der Waals surface area contributed by atoms with Crippen molar-refractivity contribution < 1.29 is 31.0 Å². The summed E-state index contributed by atoms with van der Waals surface area (Å²) in [4.78, 5) is 12.7. The van der Waals surface area contributed by atoms with Gasteiger partial charge >= 0.3 is 0 Å². The van der Waals surface area contributed by atoms with Crippen LogP contribution in [0.25, 0.3) is 0 Å². The average Bonchev–Trinajstić information content (AvgIpc) is 2.75. The molecule has 1 aliphatic heterocycles. The predicted molar refractivity (Wildman–Crippen MR) is 116 cm³/mol. The van der Waals surface area contributed by atoms with E-state index in [-0.39, 0.29) is 17.7 Å². The van der Waals surface area contributed by atoms with Gasteiger partial charge < -0.3 is 5.32 Å². The van der Waals surface area contributed by atoms with Crippen LogP contribution in [0.2, 0.25) is 0 Å². The third-order valence-electron chi connectivity index (χ3n) is 5.24.